The van der Waals surface area contributed by atoms with E-state index in [-0.39, 0.29) is 22.9 Å². The van der Waals surface area contributed by atoms with Crippen molar-refractivity contribution in [3.63, 3.8) is 0 Å². The summed E-state index contributed by atoms with van der Waals surface area (Å²) in [7, 11) is 0. The monoisotopic (exact) mass is 452 g/mol. The lowest BCUT2D eigenvalue weighted by atomic mass is 9.60. The smallest absolute Gasteiger partial charge is 0.334 e. The molecule has 0 bridgehead atoms. The van der Waals surface area contributed by atoms with E-state index >= 15 is 0 Å². The van der Waals surface area contributed by atoms with Gasteiger partial charge in [-0.25, -0.2) is 4.79 Å². The molecule has 1 unspecified atom stereocenters. The number of carbonyl (C=O) groups is 1. The minimum absolute atomic E-state index is 0.0219. The normalized spacial score (nSPS) is 43.3. The van der Waals surface area contributed by atoms with Crippen LogP contribution >= 0.6 is 0 Å². The van der Waals surface area contributed by atoms with Gasteiger partial charge in [-0.2, -0.15) is 0 Å². The minimum Gasteiger partial charge on any atom is -0.458 e. The van der Waals surface area contributed by atoms with Crippen LogP contribution in [0.25, 0.3) is 0 Å². The van der Waals surface area contributed by atoms with Crippen molar-refractivity contribution in [3.8, 4) is 0 Å². The molecular weight excluding hydrogens is 412 g/mol. The average Bonchev–Trinajstić information content (AvgIpc) is 3.44. The standard InChI is InChI=1S/C29H40O4/c1-17(14-26-29(12-13-29)19(3)27(32)33-26)23-9-10-24-20(6-5-11-28(23,24)4)7-8-21-15-22(30)16-25(31)18(21)2/h7-8,17,22-26,30-31H,2-3,5-6,9-16H2,1,4H3/b20-7+,21-8-/t17-,22-,23-,24+,25+,26?,28-/m1/s1. The highest BCUT2D eigenvalue weighted by Gasteiger charge is 2.61. The molecule has 5 aliphatic rings. The lowest BCUT2D eigenvalue weighted by Gasteiger charge is -2.45. The molecule has 7 atom stereocenters. The summed E-state index contributed by atoms with van der Waals surface area (Å²) in [5, 5.41) is 20.3. The predicted molar refractivity (Wildman–Crippen MR) is 129 cm³/mol. The lowest BCUT2D eigenvalue weighted by Crippen LogP contribution is -2.37. The Bertz CT molecular complexity index is 922. The highest BCUT2D eigenvalue weighted by molar-refractivity contribution is 5.93. The zero-order valence-electron chi connectivity index (χ0n) is 20.3. The van der Waals surface area contributed by atoms with Gasteiger partial charge in [-0.05, 0) is 92.1 Å². The van der Waals surface area contributed by atoms with Gasteiger partial charge in [-0.15, -0.1) is 0 Å². The highest BCUT2D eigenvalue weighted by Crippen LogP contribution is 2.63. The lowest BCUT2D eigenvalue weighted by molar-refractivity contribution is -0.140. The Morgan fingerprint density at radius 2 is 1.94 bits per heavy atom. The third kappa shape index (κ3) is 3.78. The van der Waals surface area contributed by atoms with E-state index in [0.717, 1.165) is 36.8 Å². The van der Waals surface area contributed by atoms with Gasteiger partial charge in [0.1, 0.15) is 6.10 Å². The zero-order chi connectivity index (χ0) is 23.5. The van der Waals surface area contributed by atoms with Crippen LogP contribution in [0.2, 0.25) is 0 Å². The summed E-state index contributed by atoms with van der Waals surface area (Å²) in [5.41, 5.74) is 4.21. The second-order valence-corrected chi connectivity index (χ2v) is 11.9. The molecule has 0 aromatic carbocycles. The van der Waals surface area contributed by atoms with Crippen LogP contribution in [-0.4, -0.2) is 34.5 Å². The Morgan fingerprint density at radius 1 is 1.18 bits per heavy atom. The first-order chi connectivity index (χ1) is 15.7. The number of hydrogen-bond acceptors (Lipinski definition) is 4. The number of cyclic esters (lactones) is 1. The summed E-state index contributed by atoms with van der Waals surface area (Å²) < 4.78 is 5.80. The van der Waals surface area contributed by atoms with Crippen LogP contribution in [0.3, 0.4) is 0 Å². The molecule has 0 radical (unpaired) electrons. The predicted octanol–water partition coefficient (Wildman–Crippen LogP) is 5.42. The molecule has 180 valence electrons. The fraction of sp³-hybridized carbons (Fsp3) is 0.690. The molecule has 4 nitrogen and oxygen atoms in total. The Morgan fingerprint density at radius 3 is 2.67 bits per heavy atom. The van der Waals surface area contributed by atoms with Gasteiger partial charge >= 0.3 is 5.97 Å². The molecule has 0 aromatic rings. The number of fused-ring (bicyclic) bond motifs is 1. The minimum atomic E-state index is -0.637. The number of hydrogen-bond donors (Lipinski definition) is 2. The number of ether oxygens (including phenoxy) is 1. The average molecular weight is 453 g/mol. The molecule has 0 amide bonds. The van der Waals surface area contributed by atoms with Crippen molar-refractivity contribution in [1.29, 1.82) is 0 Å². The first kappa shape index (κ1) is 23.1. The SMILES string of the molecule is C=C1/C(=C\C=C2/CCC[C@]3(C)[C@@H]([C@H](C)CC4OC(=O)C(=C)C45CC5)CC[C@@H]23)C[C@@H](O)C[C@@H]1O. The summed E-state index contributed by atoms with van der Waals surface area (Å²) in [4.78, 5) is 12.2. The molecule has 1 spiro atoms. The van der Waals surface area contributed by atoms with Gasteiger partial charge in [0.2, 0.25) is 0 Å². The Kier molecular flexibility index (Phi) is 5.77. The maximum atomic E-state index is 12.2. The van der Waals surface area contributed by atoms with Crippen molar-refractivity contribution in [2.75, 3.05) is 0 Å². The van der Waals surface area contributed by atoms with E-state index in [0.29, 0.717) is 36.2 Å². The number of aliphatic hydroxyl groups is 2. The summed E-state index contributed by atoms with van der Waals surface area (Å²) in [6, 6.07) is 0. The van der Waals surface area contributed by atoms with Gasteiger partial charge in [0.05, 0.1) is 12.2 Å². The van der Waals surface area contributed by atoms with Gasteiger partial charge in [0, 0.05) is 17.4 Å². The first-order valence-electron chi connectivity index (χ1n) is 13.0. The molecule has 2 N–H and O–H groups in total. The molecule has 5 fully saturated rings. The number of rotatable bonds is 4. The van der Waals surface area contributed by atoms with Gasteiger partial charge in [-0.3, -0.25) is 0 Å². The molecule has 4 aliphatic carbocycles. The van der Waals surface area contributed by atoms with Gasteiger partial charge < -0.3 is 14.9 Å². The third-order valence-electron chi connectivity index (χ3n) is 10.1. The summed E-state index contributed by atoms with van der Waals surface area (Å²) in [6.07, 6.45) is 13.4. The Hall–Kier alpha value is -1.65. The van der Waals surface area contributed by atoms with E-state index in [9.17, 15) is 15.0 Å². The molecular formula is C29H40O4. The topological polar surface area (TPSA) is 66.8 Å². The van der Waals surface area contributed by atoms with Gasteiger partial charge in [0.25, 0.3) is 0 Å². The quantitative estimate of drug-likeness (QED) is 0.442. The van der Waals surface area contributed by atoms with Crippen molar-refractivity contribution >= 4 is 5.97 Å². The summed E-state index contributed by atoms with van der Waals surface area (Å²) in [6.45, 7) is 13.0. The fourth-order valence-corrected chi connectivity index (χ4v) is 7.92. The van der Waals surface area contributed by atoms with Crippen LogP contribution in [0.5, 0.6) is 0 Å². The van der Waals surface area contributed by atoms with E-state index in [1.807, 2.05) is 0 Å². The van der Waals surface area contributed by atoms with E-state index in [1.54, 1.807) is 0 Å². The number of carbonyl (C=O) groups excluding carboxylic acids is 1. The maximum Gasteiger partial charge on any atom is 0.334 e. The molecule has 1 saturated heterocycles. The van der Waals surface area contributed by atoms with Crippen molar-refractivity contribution in [2.24, 2.45) is 28.6 Å². The molecule has 1 aliphatic heterocycles. The highest BCUT2D eigenvalue weighted by atomic mass is 16.6. The number of esters is 1. The van der Waals surface area contributed by atoms with Crippen LogP contribution in [0.4, 0.5) is 0 Å². The zero-order valence-corrected chi connectivity index (χ0v) is 20.3. The third-order valence-corrected chi connectivity index (χ3v) is 10.1. The van der Waals surface area contributed by atoms with Crippen molar-refractivity contribution in [3.05, 3.63) is 47.6 Å². The van der Waals surface area contributed by atoms with Crippen molar-refractivity contribution in [1.82, 2.24) is 0 Å². The van der Waals surface area contributed by atoms with Crippen LogP contribution in [0.15, 0.2) is 47.6 Å². The van der Waals surface area contributed by atoms with Gasteiger partial charge in [-0.1, -0.05) is 44.7 Å². The number of aliphatic hydroxyl groups excluding tert-OH is 2. The molecule has 4 saturated carbocycles. The van der Waals surface area contributed by atoms with E-state index in [4.69, 9.17) is 4.74 Å². The second-order valence-electron chi connectivity index (χ2n) is 11.9. The fourth-order valence-electron chi connectivity index (χ4n) is 7.92. The van der Waals surface area contributed by atoms with Crippen LogP contribution in [0, 0.1) is 28.6 Å². The van der Waals surface area contributed by atoms with Crippen molar-refractivity contribution in [2.45, 2.75) is 96.4 Å². The van der Waals surface area contributed by atoms with Crippen LogP contribution in [-0.2, 0) is 9.53 Å². The molecule has 1 heterocycles. The largest absolute Gasteiger partial charge is 0.458 e. The maximum absolute atomic E-state index is 12.2. The molecule has 0 aromatic heterocycles. The van der Waals surface area contributed by atoms with E-state index in [1.165, 1.54) is 31.3 Å². The van der Waals surface area contributed by atoms with Crippen LogP contribution in [0.1, 0.15) is 78.1 Å². The van der Waals surface area contributed by atoms with Crippen LogP contribution < -0.4 is 0 Å². The second kappa shape index (κ2) is 8.23. The molecule has 33 heavy (non-hydrogen) atoms. The van der Waals surface area contributed by atoms with E-state index in [2.05, 4.69) is 39.2 Å². The Labute approximate surface area is 198 Å². The molecule has 4 heteroatoms. The summed E-state index contributed by atoms with van der Waals surface area (Å²) in [5.74, 6) is 1.56. The number of allylic oxidation sites excluding steroid dienone is 3. The first-order valence-corrected chi connectivity index (χ1v) is 13.0. The summed E-state index contributed by atoms with van der Waals surface area (Å²) >= 11 is 0. The Balaban J connectivity index is 1.31. The molecule has 5 rings (SSSR count). The van der Waals surface area contributed by atoms with Crippen molar-refractivity contribution < 1.29 is 19.7 Å². The van der Waals surface area contributed by atoms with Gasteiger partial charge in [0.15, 0.2) is 0 Å². The van der Waals surface area contributed by atoms with E-state index < -0.39 is 12.2 Å².